The van der Waals surface area contributed by atoms with Crippen molar-refractivity contribution in [2.24, 2.45) is 0 Å². The molecule has 1 nitrogen and oxygen atoms in total. The first-order chi connectivity index (χ1) is 7.58. The number of hydrogen-bond acceptors (Lipinski definition) is 0. The van der Waals surface area contributed by atoms with Crippen LogP contribution >= 0.6 is 0 Å². The summed E-state index contributed by atoms with van der Waals surface area (Å²) in [4.78, 5) is 3.56. The third-order valence-electron chi connectivity index (χ3n) is 3.96. The summed E-state index contributed by atoms with van der Waals surface area (Å²) >= 11 is 0. The molecule has 3 rings (SSSR count). The van der Waals surface area contributed by atoms with Crippen molar-refractivity contribution < 1.29 is 0 Å². The van der Waals surface area contributed by atoms with E-state index in [1.807, 2.05) is 0 Å². The van der Waals surface area contributed by atoms with Crippen molar-refractivity contribution >= 4 is 10.9 Å². The molecule has 1 aliphatic carbocycles. The van der Waals surface area contributed by atoms with E-state index < -0.39 is 0 Å². The van der Waals surface area contributed by atoms with Crippen molar-refractivity contribution in [2.45, 2.75) is 44.9 Å². The van der Waals surface area contributed by atoms with Crippen molar-refractivity contribution in [1.82, 2.24) is 4.98 Å². The fourth-order valence-corrected chi connectivity index (χ4v) is 2.29. The van der Waals surface area contributed by atoms with Crippen molar-refractivity contribution in [1.29, 1.82) is 0 Å². The number of H-pyrrole nitrogens is 1. The van der Waals surface area contributed by atoms with Gasteiger partial charge in [-0.1, -0.05) is 26.8 Å². The third kappa shape index (κ3) is 1.46. The second-order valence-electron chi connectivity index (χ2n) is 5.75. The summed E-state index contributed by atoms with van der Waals surface area (Å²) in [5, 5.41) is 1.37. The van der Waals surface area contributed by atoms with Crippen LogP contribution in [-0.2, 0) is 5.41 Å². The highest BCUT2D eigenvalue weighted by atomic mass is 14.8. The summed E-state index contributed by atoms with van der Waals surface area (Å²) in [5.74, 6) is 0.610. The second kappa shape index (κ2) is 3.13. The molecular weight excluding hydrogens is 194 g/mol. The monoisotopic (exact) mass is 213 g/mol. The fraction of sp³-hybridized carbons (Fsp3) is 0.467. The molecule has 1 fully saturated rings. The van der Waals surface area contributed by atoms with Gasteiger partial charge in [0.05, 0.1) is 0 Å². The summed E-state index contributed by atoms with van der Waals surface area (Å²) in [6.45, 7) is 6.84. The number of rotatable bonds is 2. The van der Waals surface area contributed by atoms with Crippen molar-refractivity contribution in [3.8, 4) is 0 Å². The van der Waals surface area contributed by atoms with Crippen LogP contribution in [-0.4, -0.2) is 4.98 Å². The molecule has 1 heteroatoms. The van der Waals surface area contributed by atoms with Crippen LogP contribution in [0, 0.1) is 0 Å². The maximum atomic E-state index is 3.56. The molecule has 0 amide bonds. The quantitative estimate of drug-likeness (QED) is 0.763. The van der Waals surface area contributed by atoms with Crippen LogP contribution in [0.1, 0.15) is 50.8 Å². The standard InChI is InChI=1S/C15H19N/c1-10(2)11-4-5-13-12(8-11)9-14(16-13)15(3)6-7-15/h4-5,8-10,16H,6-7H2,1-3H3. The molecule has 84 valence electrons. The minimum absolute atomic E-state index is 0.441. The predicted octanol–water partition coefficient (Wildman–Crippen LogP) is 4.34. The van der Waals surface area contributed by atoms with Gasteiger partial charge in [-0.3, -0.25) is 0 Å². The lowest BCUT2D eigenvalue weighted by Gasteiger charge is -2.03. The van der Waals surface area contributed by atoms with Crippen LogP contribution in [0.25, 0.3) is 10.9 Å². The van der Waals surface area contributed by atoms with Crippen LogP contribution < -0.4 is 0 Å². The maximum absolute atomic E-state index is 3.56. The predicted molar refractivity (Wildman–Crippen MR) is 69.0 cm³/mol. The average Bonchev–Trinajstić information content (AvgIpc) is 2.86. The van der Waals surface area contributed by atoms with Crippen LogP contribution in [0.5, 0.6) is 0 Å². The molecule has 0 aliphatic heterocycles. The maximum Gasteiger partial charge on any atom is 0.0456 e. The Bertz CT molecular complexity index is 529. The van der Waals surface area contributed by atoms with Crippen LogP contribution in [0.4, 0.5) is 0 Å². The Morgan fingerprint density at radius 3 is 2.56 bits per heavy atom. The molecule has 0 atom stereocenters. The average molecular weight is 213 g/mol. The van der Waals surface area contributed by atoms with E-state index in [9.17, 15) is 0 Å². The Morgan fingerprint density at radius 2 is 1.94 bits per heavy atom. The van der Waals surface area contributed by atoms with Gasteiger partial charge in [0.2, 0.25) is 0 Å². The highest BCUT2D eigenvalue weighted by molar-refractivity contribution is 5.81. The first-order valence-electron chi connectivity index (χ1n) is 6.22. The van der Waals surface area contributed by atoms with Crippen molar-refractivity contribution in [3.05, 3.63) is 35.5 Å². The lowest BCUT2D eigenvalue weighted by atomic mass is 10.0. The number of benzene rings is 1. The van der Waals surface area contributed by atoms with Gasteiger partial charge >= 0.3 is 0 Å². The molecule has 0 bridgehead atoms. The van der Waals surface area contributed by atoms with Gasteiger partial charge in [0.15, 0.2) is 0 Å². The molecule has 1 aliphatic rings. The molecule has 0 unspecified atom stereocenters. The lowest BCUT2D eigenvalue weighted by Crippen LogP contribution is -1.98. The zero-order chi connectivity index (χ0) is 11.3. The van der Waals surface area contributed by atoms with E-state index in [0.29, 0.717) is 11.3 Å². The Hall–Kier alpha value is -1.24. The first kappa shape index (κ1) is 9.95. The summed E-state index contributed by atoms with van der Waals surface area (Å²) in [6, 6.07) is 9.13. The largest absolute Gasteiger partial charge is 0.358 e. The molecular formula is C15H19N. The zero-order valence-corrected chi connectivity index (χ0v) is 10.3. The van der Waals surface area contributed by atoms with Gasteiger partial charge in [-0.2, -0.15) is 0 Å². The van der Waals surface area contributed by atoms with Crippen molar-refractivity contribution in [2.75, 3.05) is 0 Å². The number of fused-ring (bicyclic) bond motifs is 1. The van der Waals surface area contributed by atoms with Gasteiger partial charge < -0.3 is 4.98 Å². The summed E-state index contributed by atoms with van der Waals surface area (Å²) in [5.41, 5.74) is 4.58. The molecule has 1 aromatic heterocycles. The van der Waals surface area contributed by atoms with Crippen LogP contribution in [0.2, 0.25) is 0 Å². The minimum Gasteiger partial charge on any atom is -0.358 e. The highest BCUT2D eigenvalue weighted by Gasteiger charge is 2.40. The molecule has 0 saturated heterocycles. The normalized spacial score (nSPS) is 18.2. The van der Waals surface area contributed by atoms with E-state index in [0.717, 1.165) is 0 Å². The smallest absolute Gasteiger partial charge is 0.0456 e. The molecule has 16 heavy (non-hydrogen) atoms. The Kier molecular flexibility index (Phi) is 1.95. The minimum atomic E-state index is 0.441. The molecule has 1 saturated carbocycles. The van der Waals surface area contributed by atoms with Gasteiger partial charge in [0, 0.05) is 16.6 Å². The third-order valence-corrected chi connectivity index (χ3v) is 3.96. The van der Waals surface area contributed by atoms with Gasteiger partial charge in [-0.25, -0.2) is 0 Å². The van der Waals surface area contributed by atoms with Crippen molar-refractivity contribution in [3.63, 3.8) is 0 Å². The van der Waals surface area contributed by atoms with E-state index in [4.69, 9.17) is 0 Å². The number of hydrogen-bond donors (Lipinski definition) is 1. The van der Waals surface area contributed by atoms with Crippen LogP contribution in [0.15, 0.2) is 24.3 Å². The summed E-state index contributed by atoms with van der Waals surface area (Å²) in [6.07, 6.45) is 2.66. The van der Waals surface area contributed by atoms with E-state index in [-0.39, 0.29) is 0 Å². The number of aromatic amines is 1. The fourth-order valence-electron chi connectivity index (χ4n) is 2.29. The zero-order valence-electron chi connectivity index (χ0n) is 10.3. The first-order valence-corrected chi connectivity index (χ1v) is 6.22. The Balaban J connectivity index is 2.10. The molecule has 1 heterocycles. The van der Waals surface area contributed by atoms with E-state index in [2.05, 4.69) is 50.0 Å². The van der Waals surface area contributed by atoms with Gasteiger partial charge in [-0.05, 0) is 47.9 Å². The number of nitrogens with one attached hydrogen (secondary N) is 1. The van der Waals surface area contributed by atoms with Gasteiger partial charge in [0.1, 0.15) is 0 Å². The Labute approximate surface area is 96.9 Å². The van der Waals surface area contributed by atoms with E-state index >= 15 is 0 Å². The lowest BCUT2D eigenvalue weighted by molar-refractivity contribution is 0.761. The molecule has 2 aromatic rings. The topological polar surface area (TPSA) is 15.8 Å². The molecule has 1 aromatic carbocycles. The molecule has 1 N–H and O–H groups in total. The molecule has 0 spiro atoms. The van der Waals surface area contributed by atoms with E-state index in [1.54, 1.807) is 0 Å². The van der Waals surface area contributed by atoms with Crippen LogP contribution in [0.3, 0.4) is 0 Å². The Morgan fingerprint density at radius 1 is 1.19 bits per heavy atom. The second-order valence-corrected chi connectivity index (χ2v) is 5.75. The highest BCUT2D eigenvalue weighted by Crippen LogP contribution is 2.47. The van der Waals surface area contributed by atoms with Gasteiger partial charge in [0.25, 0.3) is 0 Å². The van der Waals surface area contributed by atoms with Gasteiger partial charge in [-0.15, -0.1) is 0 Å². The summed E-state index contributed by atoms with van der Waals surface area (Å²) < 4.78 is 0. The number of aromatic nitrogens is 1. The SMILES string of the molecule is CC(C)c1ccc2[nH]c(C3(C)CC3)cc2c1. The van der Waals surface area contributed by atoms with E-state index in [1.165, 1.54) is 35.0 Å². The summed E-state index contributed by atoms with van der Waals surface area (Å²) in [7, 11) is 0. The molecule has 0 radical (unpaired) electrons.